The van der Waals surface area contributed by atoms with Crippen LogP contribution in [0.4, 0.5) is 5.69 Å². The largest absolute Gasteiger partial charge is 0.503 e. The van der Waals surface area contributed by atoms with Crippen LogP contribution in [-0.2, 0) is 4.79 Å². The van der Waals surface area contributed by atoms with E-state index in [-0.39, 0.29) is 22.4 Å². The van der Waals surface area contributed by atoms with E-state index >= 15 is 0 Å². The number of ether oxygens (including phenoxy) is 1. The van der Waals surface area contributed by atoms with Crippen LogP contribution >= 0.6 is 11.6 Å². The zero-order chi connectivity index (χ0) is 18.0. The number of amides is 1. The highest BCUT2D eigenvalue weighted by molar-refractivity contribution is 6.33. The first-order valence-electron chi connectivity index (χ1n) is 7.83. The molecule has 0 fully saturated rings. The molecule has 0 unspecified atom stereocenters. The van der Waals surface area contributed by atoms with Crippen LogP contribution in [-0.4, -0.2) is 23.3 Å². The zero-order valence-corrected chi connectivity index (χ0v) is 14.6. The lowest BCUT2D eigenvalue weighted by Crippen LogP contribution is -2.21. The van der Waals surface area contributed by atoms with E-state index in [4.69, 9.17) is 16.3 Å². The van der Waals surface area contributed by atoms with Crippen molar-refractivity contribution in [1.82, 2.24) is 0 Å². The second-order valence-corrected chi connectivity index (χ2v) is 5.89. The Morgan fingerprint density at radius 1 is 1.28 bits per heavy atom. The standard InChI is InChI=1S/C19H17ClN2O3/c1-3-25-17-11-13(10-16(20)18(17)23)9-15-12(2)21-22(19(15)24)14-7-5-4-6-8-14/h4-11,23H,3H2,1-2H3/b15-9+. The summed E-state index contributed by atoms with van der Waals surface area (Å²) in [6, 6.07) is 12.4. The van der Waals surface area contributed by atoms with Crippen LogP contribution in [0.2, 0.25) is 5.02 Å². The van der Waals surface area contributed by atoms with E-state index in [0.717, 1.165) is 0 Å². The summed E-state index contributed by atoms with van der Waals surface area (Å²) in [5.41, 5.74) is 2.43. The van der Waals surface area contributed by atoms with Gasteiger partial charge in [-0.15, -0.1) is 0 Å². The van der Waals surface area contributed by atoms with Crippen molar-refractivity contribution in [3.8, 4) is 11.5 Å². The van der Waals surface area contributed by atoms with Crippen LogP contribution in [0.3, 0.4) is 0 Å². The van der Waals surface area contributed by atoms with Crippen molar-refractivity contribution in [3.05, 3.63) is 58.6 Å². The average molecular weight is 357 g/mol. The Hall–Kier alpha value is -2.79. The number of phenolic OH excluding ortho intramolecular Hbond substituents is 1. The fraction of sp³-hybridized carbons (Fsp3) is 0.158. The Balaban J connectivity index is 1.97. The van der Waals surface area contributed by atoms with E-state index in [1.165, 1.54) is 5.01 Å². The number of halogens is 1. The highest BCUT2D eigenvalue weighted by Crippen LogP contribution is 2.36. The van der Waals surface area contributed by atoms with Gasteiger partial charge < -0.3 is 9.84 Å². The highest BCUT2D eigenvalue weighted by atomic mass is 35.5. The van der Waals surface area contributed by atoms with E-state index in [0.29, 0.717) is 29.1 Å². The molecule has 2 aromatic rings. The highest BCUT2D eigenvalue weighted by Gasteiger charge is 2.28. The maximum Gasteiger partial charge on any atom is 0.280 e. The number of rotatable bonds is 4. The van der Waals surface area contributed by atoms with Gasteiger partial charge >= 0.3 is 0 Å². The number of para-hydroxylation sites is 1. The molecule has 0 spiro atoms. The molecule has 0 aromatic heterocycles. The van der Waals surface area contributed by atoms with Gasteiger partial charge in [0.25, 0.3) is 5.91 Å². The van der Waals surface area contributed by atoms with Crippen LogP contribution in [0.15, 0.2) is 53.1 Å². The molecule has 0 radical (unpaired) electrons. The number of carbonyl (C=O) groups is 1. The van der Waals surface area contributed by atoms with Crippen molar-refractivity contribution in [2.45, 2.75) is 13.8 Å². The fourth-order valence-electron chi connectivity index (χ4n) is 2.54. The molecule has 5 nitrogen and oxygen atoms in total. The Morgan fingerprint density at radius 2 is 2.00 bits per heavy atom. The van der Waals surface area contributed by atoms with E-state index in [1.807, 2.05) is 37.3 Å². The minimum Gasteiger partial charge on any atom is -0.503 e. The maximum atomic E-state index is 12.7. The normalized spacial score (nSPS) is 15.6. The van der Waals surface area contributed by atoms with Crippen molar-refractivity contribution in [2.24, 2.45) is 5.10 Å². The second-order valence-electron chi connectivity index (χ2n) is 5.48. The predicted octanol–water partition coefficient (Wildman–Crippen LogP) is 4.25. The lowest BCUT2D eigenvalue weighted by molar-refractivity contribution is -0.114. The molecule has 1 amide bonds. The zero-order valence-electron chi connectivity index (χ0n) is 13.9. The SMILES string of the molecule is CCOc1cc(/C=C2/C(=O)N(c3ccccc3)N=C2C)cc(Cl)c1O. The number of anilines is 1. The van der Waals surface area contributed by atoms with Crippen LogP contribution in [0, 0.1) is 0 Å². The molecule has 1 N–H and O–H groups in total. The first-order chi connectivity index (χ1) is 12.0. The summed E-state index contributed by atoms with van der Waals surface area (Å²) in [5.74, 6) is -0.0487. The molecule has 0 saturated carbocycles. The smallest absolute Gasteiger partial charge is 0.280 e. The predicted molar refractivity (Wildman–Crippen MR) is 99.3 cm³/mol. The van der Waals surface area contributed by atoms with Gasteiger partial charge in [0, 0.05) is 0 Å². The van der Waals surface area contributed by atoms with Crippen LogP contribution in [0.1, 0.15) is 19.4 Å². The summed E-state index contributed by atoms with van der Waals surface area (Å²) < 4.78 is 5.38. The summed E-state index contributed by atoms with van der Waals surface area (Å²) >= 11 is 6.05. The number of hydrogen-bond donors (Lipinski definition) is 1. The van der Waals surface area contributed by atoms with Crippen LogP contribution in [0.25, 0.3) is 6.08 Å². The lowest BCUT2D eigenvalue weighted by atomic mass is 10.1. The molecule has 2 aromatic carbocycles. The van der Waals surface area contributed by atoms with Crippen molar-refractivity contribution >= 4 is 35.0 Å². The Labute approximate surface area is 150 Å². The minimum absolute atomic E-state index is 0.111. The monoisotopic (exact) mass is 356 g/mol. The number of hydrogen-bond acceptors (Lipinski definition) is 4. The number of carbonyl (C=O) groups excluding carboxylic acids is 1. The van der Waals surface area contributed by atoms with Gasteiger partial charge in [0.15, 0.2) is 11.5 Å². The third-order valence-corrected chi connectivity index (χ3v) is 4.01. The van der Waals surface area contributed by atoms with Gasteiger partial charge in [-0.05, 0) is 49.8 Å². The van der Waals surface area contributed by atoms with Gasteiger partial charge in [0.2, 0.25) is 0 Å². The third-order valence-electron chi connectivity index (χ3n) is 3.72. The Bertz CT molecular complexity index is 876. The van der Waals surface area contributed by atoms with Crippen molar-refractivity contribution in [3.63, 3.8) is 0 Å². The van der Waals surface area contributed by atoms with Gasteiger partial charge in [-0.2, -0.15) is 10.1 Å². The van der Waals surface area contributed by atoms with Crippen molar-refractivity contribution < 1.29 is 14.6 Å². The van der Waals surface area contributed by atoms with Gasteiger partial charge in [0.05, 0.1) is 28.6 Å². The maximum absolute atomic E-state index is 12.7. The number of benzene rings is 2. The number of hydrazone groups is 1. The van der Waals surface area contributed by atoms with Crippen LogP contribution in [0.5, 0.6) is 11.5 Å². The first-order valence-corrected chi connectivity index (χ1v) is 8.21. The number of aromatic hydroxyl groups is 1. The molecule has 0 bridgehead atoms. The molecule has 128 valence electrons. The molecule has 0 aliphatic carbocycles. The van der Waals surface area contributed by atoms with E-state index in [2.05, 4.69) is 5.10 Å². The quantitative estimate of drug-likeness (QED) is 0.833. The van der Waals surface area contributed by atoms with Crippen LogP contribution < -0.4 is 9.75 Å². The van der Waals surface area contributed by atoms with E-state index in [9.17, 15) is 9.90 Å². The molecular weight excluding hydrogens is 340 g/mol. The van der Waals surface area contributed by atoms with Gasteiger partial charge in [-0.1, -0.05) is 29.8 Å². The summed E-state index contributed by atoms with van der Waals surface area (Å²) in [6.45, 7) is 3.98. The van der Waals surface area contributed by atoms with E-state index in [1.54, 1.807) is 25.1 Å². The third kappa shape index (κ3) is 3.37. The van der Waals surface area contributed by atoms with E-state index < -0.39 is 0 Å². The second kappa shape index (κ2) is 6.99. The first kappa shape index (κ1) is 17.0. The molecular formula is C19H17ClN2O3. The topological polar surface area (TPSA) is 62.1 Å². The molecule has 6 heteroatoms. The summed E-state index contributed by atoms with van der Waals surface area (Å²) in [5, 5.41) is 15.8. The molecule has 3 rings (SSSR count). The Kier molecular flexibility index (Phi) is 4.76. The van der Waals surface area contributed by atoms with Gasteiger partial charge in [0.1, 0.15) is 0 Å². The number of phenols is 1. The molecule has 1 aliphatic rings. The summed E-state index contributed by atoms with van der Waals surface area (Å²) in [7, 11) is 0. The van der Waals surface area contributed by atoms with Crippen molar-refractivity contribution in [2.75, 3.05) is 11.6 Å². The fourth-order valence-corrected chi connectivity index (χ4v) is 2.76. The minimum atomic E-state index is -0.217. The molecule has 0 atom stereocenters. The molecule has 0 saturated heterocycles. The van der Waals surface area contributed by atoms with Gasteiger partial charge in [-0.3, -0.25) is 4.79 Å². The summed E-state index contributed by atoms with van der Waals surface area (Å²) in [6.07, 6.45) is 1.69. The molecule has 1 heterocycles. The lowest BCUT2D eigenvalue weighted by Gasteiger charge is -2.11. The van der Waals surface area contributed by atoms with Gasteiger partial charge in [-0.25, -0.2) is 0 Å². The average Bonchev–Trinajstić information content (AvgIpc) is 2.88. The molecule has 25 heavy (non-hydrogen) atoms. The number of nitrogens with zero attached hydrogens (tertiary/aromatic N) is 2. The Morgan fingerprint density at radius 3 is 2.68 bits per heavy atom. The summed E-state index contributed by atoms with van der Waals surface area (Å²) in [4.78, 5) is 12.7. The molecule has 1 aliphatic heterocycles. The van der Waals surface area contributed by atoms with Crippen molar-refractivity contribution in [1.29, 1.82) is 0 Å².